The minimum Gasteiger partial charge on any atom is -0.504 e. The van der Waals surface area contributed by atoms with Crippen LogP contribution < -0.4 is 0 Å². The highest BCUT2D eigenvalue weighted by atomic mass is 16.3. The number of phenols is 2. The number of likely N-dealkylation sites (tertiary alicyclic amines) is 1. The summed E-state index contributed by atoms with van der Waals surface area (Å²) in [6.07, 6.45) is 1.77. The number of nitrogens with zero attached hydrogens (tertiary/aromatic N) is 1. The SMILES string of the molecule is Oc1ccc([C@H](O)CN2CCCC2)cc1O. The molecule has 0 aliphatic carbocycles. The van der Waals surface area contributed by atoms with Crippen LogP contribution in [0.3, 0.4) is 0 Å². The molecule has 1 aromatic carbocycles. The van der Waals surface area contributed by atoms with Crippen LogP contribution in [0.15, 0.2) is 18.2 Å². The largest absolute Gasteiger partial charge is 0.504 e. The zero-order valence-electron chi connectivity index (χ0n) is 9.13. The summed E-state index contributed by atoms with van der Waals surface area (Å²) in [4.78, 5) is 2.20. The maximum absolute atomic E-state index is 9.96. The molecular formula is C12H17NO3. The van der Waals surface area contributed by atoms with Gasteiger partial charge in [0.05, 0.1) is 6.10 Å². The maximum atomic E-state index is 9.96. The second-order valence-corrected chi connectivity index (χ2v) is 4.27. The first kappa shape index (κ1) is 11.2. The normalized spacial score (nSPS) is 18.8. The molecule has 0 bridgehead atoms. The Morgan fingerprint density at radius 2 is 1.81 bits per heavy atom. The van der Waals surface area contributed by atoms with Crippen LogP contribution >= 0.6 is 0 Å². The molecule has 3 N–H and O–H groups in total. The highest BCUT2D eigenvalue weighted by Gasteiger charge is 2.17. The molecule has 0 saturated carbocycles. The summed E-state index contributed by atoms with van der Waals surface area (Å²) >= 11 is 0. The van der Waals surface area contributed by atoms with E-state index in [4.69, 9.17) is 5.11 Å². The van der Waals surface area contributed by atoms with Crippen molar-refractivity contribution in [2.24, 2.45) is 0 Å². The maximum Gasteiger partial charge on any atom is 0.157 e. The topological polar surface area (TPSA) is 63.9 Å². The molecule has 0 aromatic heterocycles. The predicted octanol–water partition coefficient (Wildman–Crippen LogP) is 1.23. The van der Waals surface area contributed by atoms with Crippen molar-refractivity contribution < 1.29 is 15.3 Å². The van der Waals surface area contributed by atoms with Gasteiger partial charge in [-0.2, -0.15) is 0 Å². The Kier molecular flexibility index (Phi) is 3.31. The van der Waals surface area contributed by atoms with E-state index >= 15 is 0 Å². The van der Waals surface area contributed by atoms with E-state index in [-0.39, 0.29) is 11.5 Å². The lowest BCUT2D eigenvalue weighted by atomic mass is 10.1. The number of hydrogen-bond acceptors (Lipinski definition) is 4. The fraction of sp³-hybridized carbons (Fsp3) is 0.500. The van der Waals surface area contributed by atoms with E-state index < -0.39 is 6.10 Å². The Bertz CT molecular complexity index is 361. The van der Waals surface area contributed by atoms with Crippen molar-refractivity contribution in [2.75, 3.05) is 19.6 Å². The lowest BCUT2D eigenvalue weighted by molar-refractivity contribution is 0.126. The molecule has 4 heteroatoms. The Morgan fingerprint density at radius 3 is 2.44 bits per heavy atom. The van der Waals surface area contributed by atoms with Crippen LogP contribution in [0.25, 0.3) is 0 Å². The van der Waals surface area contributed by atoms with E-state index in [0.717, 1.165) is 13.1 Å². The molecule has 2 rings (SSSR count). The van der Waals surface area contributed by atoms with Crippen LogP contribution in [0.2, 0.25) is 0 Å². The molecule has 0 amide bonds. The van der Waals surface area contributed by atoms with Gasteiger partial charge in [-0.3, -0.25) is 0 Å². The Morgan fingerprint density at radius 1 is 1.12 bits per heavy atom. The van der Waals surface area contributed by atoms with Crippen molar-refractivity contribution in [3.63, 3.8) is 0 Å². The first-order chi connectivity index (χ1) is 7.66. The molecule has 4 nitrogen and oxygen atoms in total. The van der Waals surface area contributed by atoms with Gasteiger partial charge in [0, 0.05) is 6.54 Å². The quantitative estimate of drug-likeness (QED) is 0.674. The van der Waals surface area contributed by atoms with Crippen molar-refractivity contribution in [1.29, 1.82) is 0 Å². The summed E-state index contributed by atoms with van der Waals surface area (Å²) in [7, 11) is 0. The van der Waals surface area contributed by atoms with E-state index in [1.165, 1.54) is 25.0 Å². The van der Waals surface area contributed by atoms with E-state index in [9.17, 15) is 10.2 Å². The summed E-state index contributed by atoms with van der Waals surface area (Å²) in [5.74, 6) is -0.338. The smallest absolute Gasteiger partial charge is 0.157 e. The minimum atomic E-state index is -0.607. The van der Waals surface area contributed by atoms with E-state index in [1.54, 1.807) is 6.07 Å². The van der Waals surface area contributed by atoms with E-state index in [0.29, 0.717) is 12.1 Å². The number of rotatable bonds is 3. The number of hydrogen-bond donors (Lipinski definition) is 3. The number of aliphatic hydroxyl groups excluding tert-OH is 1. The second kappa shape index (κ2) is 4.72. The predicted molar refractivity (Wildman–Crippen MR) is 60.4 cm³/mol. The van der Waals surface area contributed by atoms with Gasteiger partial charge in [0.25, 0.3) is 0 Å². The molecule has 0 spiro atoms. The van der Waals surface area contributed by atoms with Crippen LogP contribution in [-0.2, 0) is 0 Å². The highest BCUT2D eigenvalue weighted by Crippen LogP contribution is 2.28. The molecule has 88 valence electrons. The monoisotopic (exact) mass is 223 g/mol. The fourth-order valence-electron chi connectivity index (χ4n) is 2.06. The molecule has 16 heavy (non-hydrogen) atoms. The third kappa shape index (κ3) is 2.46. The molecular weight excluding hydrogens is 206 g/mol. The lowest BCUT2D eigenvalue weighted by Gasteiger charge is -2.19. The number of aromatic hydroxyl groups is 2. The van der Waals surface area contributed by atoms with Gasteiger partial charge in [0.1, 0.15) is 0 Å². The van der Waals surface area contributed by atoms with Crippen LogP contribution in [0.5, 0.6) is 11.5 Å². The molecule has 1 aliphatic rings. The summed E-state index contributed by atoms with van der Waals surface area (Å²) in [6.45, 7) is 2.65. The third-order valence-corrected chi connectivity index (χ3v) is 3.01. The van der Waals surface area contributed by atoms with Gasteiger partial charge in [0.15, 0.2) is 11.5 Å². The number of benzene rings is 1. The first-order valence-electron chi connectivity index (χ1n) is 5.59. The van der Waals surface area contributed by atoms with Crippen molar-refractivity contribution in [3.8, 4) is 11.5 Å². The average molecular weight is 223 g/mol. The average Bonchev–Trinajstić information content (AvgIpc) is 2.74. The van der Waals surface area contributed by atoms with Crippen LogP contribution in [0, 0.1) is 0 Å². The van der Waals surface area contributed by atoms with Crippen LogP contribution in [-0.4, -0.2) is 39.9 Å². The Labute approximate surface area is 94.8 Å². The number of phenolic OH excluding ortho intramolecular Hbond substituents is 2. The molecule has 1 atom stereocenters. The van der Waals surface area contributed by atoms with Gasteiger partial charge >= 0.3 is 0 Å². The summed E-state index contributed by atoms with van der Waals surface area (Å²) in [5.41, 5.74) is 0.641. The lowest BCUT2D eigenvalue weighted by Crippen LogP contribution is -2.25. The molecule has 0 radical (unpaired) electrons. The molecule has 1 heterocycles. The van der Waals surface area contributed by atoms with Crippen molar-refractivity contribution in [1.82, 2.24) is 4.90 Å². The summed E-state index contributed by atoms with van der Waals surface area (Å²) in [6, 6.07) is 4.45. The second-order valence-electron chi connectivity index (χ2n) is 4.27. The number of β-amino-alcohol motifs (C(OH)–C–C–N with tert-alkyl or cyclic N) is 1. The third-order valence-electron chi connectivity index (χ3n) is 3.01. The van der Waals surface area contributed by atoms with Crippen molar-refractivity contribution in [2.45, 2.75) is 18.9 Å². The van der Waals surface area contributed by atoms with Gasteiger partial charge in [-0.25, -0.2) is 0 Å². The standard InChI is InChI=1S/C12H17NO3/c14-10-4-3-9(7-11(10)15)12(16)8-13-5-1-2-6-13/h3-4,7,12,14-16H,1-2,5-6,8H2/t12-/m1/s1. The van der Waals surface area contributed by atoms with Gasteiger partial charge in [-0.1, -0.05) is 6.07 Å². The Hall–Kier alpha value is -1.26. The van der Waals surface area contributed by atoms with Crippen molar-refractivity contribution >= 4 is 0 Å². The number of aliphatic hydroxyl groups is 1. The molecule has 1 aromatic rings. The fourth-order valence-corrected chi connectivity index (χ4v) is 2.06. The first-order valence-corrected chi connectivity index (χ1v) is 5.59. The summed E-state index contributed by atoms with van der Waals surface area (Å²) in [5, 5.41) is 28.5. The summed E-state index contributed by atoms with van der Waals surface area (Å²) < 4.78 is 0. The zero-order chi connectivity index (χ0) is 11.5. The Balaban J connectivity index is 2.02. The van der Waals surface area contributed by atoms with E-state index in [2.05, 4.69) is 4.90 Å². The molecule has 1 fully saturated rings. The highest BCUT2D eigenvalue weighted by molar-refractivity contribution is 5.41. The zero-order valence-corrected chi connectivity index (χ0v) is 9.13. The van der Waals surface area contributed by atoms with Gasteiger partial charge in [-0.15, -0.1) is 0 Å². The minimum absolute atomic E-state index is 0.155. The molecule has 0 unspecified atom stereocenters. The van der Waals surface area contributed by atoms with E-state index in [1.807, 2.05) is 0 Å². The van der Waals surface area contributed by atoms with Crippen LogP contribution in [0.1, 0.15) is 24.5 Å². The van der Waals surface area contributed by atoms with Crippen LogP contribution in [0.4, 0.5) is 0 Å². The molecule has 1 aliphatic heterocycles. The van der Waals surface area contributed by atoms with Gasteiger partial charge < -0.3 is 20.2 Å². The van der Waals surface area contributed by atoms with Crippen molar-refractivity contribution in [3.05, 3.63) is 23.8 Å². The van der Waals surface area contributed by atoms with Gasteiger partial charge in [0.2, 0.25) is 0 Å². The molecule has 1 saturated heterocycles. The van der Waals surface area contributed by atoms with Gasteiger partial charge in [-0.05, 0) is 43.6 Å².